The molecule has 1 amide bonds. The molecular formula is C16H23NO. The summed E-state index contributed by atoms with van der Waals surface area (Å²) in [6.07, 6.45) is 2.32. The lowest BCUT2D eigenvalue weighted by atomic mass is 9.94. The Labute approximate surface area is 110 Å². The Morgan fingerprint density at radius 1 is 1.22 bits per heavy atom. The first-order chi connectivity index (χ1) is 8.38. The van der Waals surface area contributed by atoms with Gasteiger partial charge in [-0.25, -0.2) is 0 Å². The highest BCUT2D eigenvalue weighted by Gasteiger charge is 2.37. The Morgan fingerprint density at radius 2 is 1.78 bits per heavy atom. The van der Waals surface area contributed by atoms with Gasteiger partial charge in [-0.2, -0.15) is 0 Å². The standard InChI is InChI=1S/C16H23NO/c1-12-5-7-13(8-6-12)11-17(14-9-10-14)15(18)16(2,3)4/h5-8,14H,9-11H2,1-4H3. The first-order valence-electron chi connectivity index (χ1n) is 6.74. The molecule has 1 aromatic carbocycles. The molecule has 18 heavy (non-hydrogen) atoms. The van der Waals surface area contributed by atoms with E-state index in [0.717, 1.165) is 19.4 Å². The number of amides is 1. The average Bonchev–Trinajstić information content (AvgIpc) is 3.10. The molecular weight excluding hydrogens is 222 g/mol. The van der Waals surface area contributed by atoms with Crippen molar-refractivity contribution in [3.8, 4) is 0 Å². The van der Waals surface area contributed by atoms with Crippen LogP contribution in [0, 0.1) is 12.3 Å². The van der Waals surface area contributed by atoms with E-state index in [-0.39, 0.29) is 11.3 Å². The largest absolute Gasteiger partial charge is 0.335 e. The molecule has 0 unspecified atom stereocenters. The molecule has 0 saturated heterocycles. The van der Waals surface area contributed by atoms with Crippen molar-refractivity contribution >= 4 is 5.91 Å². The zero-order valence-electron chi connectivity index (χ0n) is 11.9. The van der Waals surface area contributed by atoms with E-state index in [1.165, 1.54) is 11.1 Å². The number of aryl methyl sites for hydroxylation is 1. The van der Waals surface area contributed by atoms with Crippen molar-refractivity contribution in [2.45, 2.75) is 53.1 Å². The minimum atomic E-state index is -0.284. The van der Waals surface area contributed by atoms with E-state index in [4.69, 9.17) is 0 Å². The van der Waals surface area contributed by atoms with Crippen molar-refractivity contribution in [3.63, 3.8) is 0 Å². The van der Waals surface area contributed by atoms with Gasteiger partial charge in [0.25, 0.3) is 0 Å². The maximum Gasteiger partial charge on any atom is 0.228 e. The highest BCUT2D eigenvalue weighted by atomic mass is 16.2. The molecule has 1 aliphatic rings. The van der Waals surface area contributed by atoms with Crippen LogP contribution in [0.2, 0.25) is 0 Å². The molecule has 2 rings (SSSR count). The topological polar surface area (TPSA) is 20.3 Å². The van der Waals surface area contributed by atoms with Crippen molar-refractivity contribution in [1.82, 2.24) is 4.90 Å². The lowest BCUT2D eigenvalue weighted by molar-refractivity contribution is -0.140. The molecule has 0 aromatic heterocycles. The lowest BCUT2D eigenvalue weighted by Crippen LogP contribution is -2.40. The fraction of sp³-hybridized carbons (Fsp3) is 0.562. The third-order valence-corrected chi connectivity index (χ3v) is 3.36. The summed E-state index contributed by atoms with van der Waals surface area (Å²) in [6.45, 7) is 8.84. The van der Waals surface area contributed by atoms with Crippen molar-refractivity contribution in [3.05, 3.63) is 35.4 Å². The summed E-state index contributed by atoms with van der Waals surface area (Å²) >= 11 is 0. The van der Waals surface area contributed by atoms with E-state index in [0.29, 0.717) is 6.04 Å². The van der Waals surface area contributed by atoms with Gasteiger partial charge in [0.1, 0.15) is 0 Å². The van der Waals surface area contributed by atoms with Crippen molar-refractivity contribution in [2.24, 2.45) is 5.41 Å². The van der Waals surface area contributed by atoms with Gasteiger partial charge >= 0.3 is 0 Å². The van der Waals surface area contributed by atoms with Crippen LogP contribution in [0.1, 0.15) is 44.7 Å². The molecule has 0 spiro atoms. The smallest absolute Gasteiger partial charge is 0.228 e. The van der Waals surface area contributed by atoms with Gasteiger partial charge in [0.15, 0.2) is 0 Å². The monoisotopic (exact) mass is 245 g/mol. The average molecular weight is 245 g/mol. The number of benzene rings is 1. The second-order valence-corrected chi connectivity index (χ2v) is 6.40. The molecule has 0 heterocycles. The Bertz CT molecular complexity index is 423. The van der Waals surface area contributed by atoms with Crippen molar-refractivity contribution in [1.29, 1.82) is 0 Å². The minimum absolute atomic E-state index is 0.269. The van der Waals surface area contributed by atoms with Gasteiger partial charge in [0, 0.05) is 18.0 Å². The molecule has 2 nitrogen and oxygen atoms in total. The van der Waals surface area contributed by atoms with Crippen molar-refractivity contribution < 1.29 is 4.79 Å². The van der Waals surface area contributed by atoms with Gasteiger partial charge in [-0.3, -0.25) is 4.79 Å². The summed E-state index contributed by atoms with van der Waals surface area (Å²) in [5.74, 6) is 0.269. The van der Waals surface area contributed by atoms with Crippen LogP contribution >= 0.6 is 0 Å². The third-order valence-electron chi connectivity index (χ3n) is 3.36. The van der Waals surface area contributed by atoms with Gasteiger partial charge in [-0.1, -0.05) is 50.6 Å². The first-order valence-corrected chi connectivity index (χ1v) is 6.74. The van der Waals surface area contributed by atoms with Crippen molar-refractivity contribution in [2.75, 3.05) is 0 Å². The number of rotatable bonds is 3. The van der Waals surface area contributed by atoms with Gasteiger partial charge in [0.05, 0.1) is 0 Å². The zero-order valence-corrected chi connectivity index (χ0v) is 11.9. The zero-order chi connectivity index (χ0) is 13.3. The Kier molecular flexibility index (Phi) is 3.47. The first kappa shape index (κ1) is 13.1. The molecule has 0 atom stereocenters. The fourth-order valence-electron chi connectivity index (χ4n) is 2.07. The molecule has 0 N–H and O–H groups in total. The molecule has 0 aliphatic heterocycles. The Hall–Kier alpha value is -1.31. The minimum Gasteiger partial charge on any atom is -0.335 e. The summed E-state index contributed by atoms with van der Waals surface area (Å²) in [6, 6.07) is 8.95. The van der Waals surface area contributed by atoms with Crippen LogP contribution < -0.4 is 0 Å². The Morgan fingerprint density at radius 3 is 2.22 bits per heavy atom. The van der Waals surface area contributed by atoms with E-state index >= 15 is 0 Å². The van der Waals surface area contributed by atoms with Crippen LogP contribution in [-0.2, 0) is 11.3 Å². The maximum atomic E-state index is 12.4. The SMILES string of the molecule is Cc1ccc(CN(C(=O)C(C)(C)C)C2CC2)cc1. The predicted octanol–water partition coefficient (Wildman–Crippen LogP) is 3.53. The highest BCUT2D eigenvalue weighted by molar-refractivity contribution is 5.82. The van der Waals surface area contributed by atoms with E-state index in [2.05, 4.69) is 36.1 Å². The summed E-state index contributed by atoms with van der Waals surface area (Å²) in [4.78, 5) is 14.5. The molecule has 1 aliphatic carbocycles. The number of carbonyl (C=O) groups is 1. The summed E-state index contributed by atoms with van der Waals surface area (Å²) < 4.78 is 0. The van der Waals surface area contributed by atoms with Gasteiger partial charge in [0.2, 0.25) is 5.91 Å². The van der Waals surface area contributed by atoms with Crippen LogP contribution in [0.5, 0.6) is 0 Å². The van der Waals surface area contributed by atoms with Crippen LogP contribution in [0.15, 0.2) is 24.3 Å². The van der Waals surface area contributed by atoms with Crippen LogP contribution in [-0.4, -0.2) is 16.8 Å². The molecule has 2 heteroatoms. The molecule has 1 aromatic rings. The third kappa shape index (κ3) is 3.12. The Balaban J connectivity index is 2.12. The van der Waals surface area contributed by atoms with E-state index in [1.807, 2.05) is 20.8 Å². The van der Waals surface area contributed by atoms with E-state index in [9.17, 15) is 4.79 Å². The quantitative estimate of drug-likeness (QED) is 0.797. The molecule has 1 fully saturated rings. The number of carbonyl (C=O) groups excluding carboxylic acids is 1. The molecule has 1 saturated carbocycles. The van der Waals surface area contributed by atoms with Crippen LogP contribution in [0.4, 0.5) is 0 Å². The normalized spacial score (nSPS) is 15.6. The molecule has 0 bridgehead atoms. The van der Waals surface area contributed by atoms with Gasteiger partial charge in [-0.05, 0) is 25.3 Å². The summed E-state index contributed by atoms with van der Waals surface area (Å²) in [7, 11) is 0. The van der Waals surface area contributed by atoms with Gasteiger partial charge < -0.3 is 4.90 Å². The predicted molar refractivity (Wildman–Crippen MR) is 74.2 cm³/mol. The number of hydrogen-bond acceptors (Lipinski definition) is 1. The van der Waals surface area contributed by atoms with Crippen LogP contribution in [0.25, 0.3) is 0 Å². The van der Waals surface area contributed by atoms with Gasteiger partial charge in [-0.15, -0.1) is 0 Å². The highest BCUT2D eigenvalue weighted by Crippen LogP contribution is 2.32. The lowest BCUT2D eigenvalue weighted by Gasteiger charge is -2.29. The molecule has 98 valence electrons. The number of nitrogens with zero attached hydrogens (tertiary/aromatic N) is 1. The number of hydrogen-bond donors (Lipinski definition) is 0. The fourth-order valence-corrected chi connectivity index (χ4v) is 2.07. The molecule has 0 radical (unpaired) electrons. The summed E-state index contributed by atoms with van der Waals surface area (Å²) in [5, 5.41) is 0. The van der Waals surface area contributed by atoms with E-state index in [1.54, 1.807) is 0 Å². The second kappa shape index (κ2) is 4.75. The maximum absolute atomic E-state index is 12.4. The van der Waals surface area contributed by atoms with E-state index < -0.39 is 0 Å². The second-order valence-electron chi connectivity index (χ2n) is 6.40. The summed E-state index contributed by atoms with van der Waals surface area (Å²) in [5.41, 5.74) is 2.21. The van der Waals surface area contributed by atoms with Crippen LogP contribution in [0.3, 0.4) is 0 Å².